The molecule has 0 heterocycles. The molecule has 0 fully saturated rings. The summed E-state index contributed by atoms with van der Waals surface area (Å²) in [5, 5.41) is 10.7. The van der Waals surface area contributed by atoms with Gasteiger partial charge in [-0.25, -0.2) is 18.0 Å². The molecule has 5 nitrogen and oxygen atoms in total. The number of carbonyl (C=O) groups is 1. The van der Waals surface area contributed by atoms with E-state index in [4.69, 9.17) is 0 Å². The Labute approximate surface area is 115 Å². The fourth-order valence-electron chi connectivity index (χ4n) is 1.54. The monoisotopic (exact) mass is 297 g/mol. The third-order valence-corrected chi connectivity index (χ3v) is 2.49. The van der Waals surface area contributed by atoms with Crippen LogP contribution in [0, 0.1) is 27.6 Å². The number of nitro benzene ring substituents is 1. The first kappa shape index (κ1) is 14.5. The van der Waals surface area contributed by atoms with Crippen LogP contribution in [0.5, 0.6) is 5.75 Å². The van der Waals surface area contributed by atoms with Gasteiger partial charge in [0.05, 0.1) is 10.5 Å². The molecular formula is C13H6F3NO4. The topological polar surface area (TPSA) is 69.4 Å². The molecule has 8 heteroatoms. The largest absolute Gasteiger partial charge is 0.415 e. The van der Waals surface area contributed by atoms with E-state index in [2.05, 4.69) is 4.74 Å². The van der Waals surface area contributed by atoms with E-state index in [0.717, 1.165) is 30.3 Å². The molecule has 0 unspecified atom stereocenters. The van der Waals surface area contributed by atoms with E-state index in [1.807, 2.05) is 0 Å². The second-order valence-corrected chi connectivity index (χ2v) is 3.86. The van der Waals surface area contributed by atoms with Gasteiger partial charge in [0.15, 0.2) is 11.6 Å². The third kappa shape index (κ3) is 2.99. The van der Waals surface area contributed by atoms with E-state index in [1.165, 1.54) is 0 Å². The molecule has 0 aromatic heterocycles. The number of hydrogen-bond donors (Lipinski definition) is 0. The normalized spacial score (nSPS) is 10.2. The van der Waals surface area contributed by atoms with Crippen LogP contribution in [0.4, 0.5) is 18.9 Å². The molecule has 21 heavy (non-hydrogen) atoms. The number of ether oxygens (including phenoxy) is 1. The van der Waals surface area contributed by atoms with Crippen LogP contribution in [0.1, 0.15) is 10.4 Å². The lowest BCUT2D eigenvalue weighted by Crippen LogP contribution is -2.12. The van der Waals surface area contributed by atoms with Gasteiger partial charge in [-0.1, -0.05) is 6.07 Å². The molecule has 0 saturated heterocycles. The lowest BCUT2D eigenvalue weighted by atomic mass is 10.2. The van der Waals surface area contributed by atoms with Gasteiger partial charge in [0.1, 0.15) is 5.82 Å². The fourth-order valence-corrected chi connectivity index (χ4v) is 1.54. The zero-order valence-electron chi connectivity index (χ0n) is 10.2. The smallest absolute Gasteiger partial charge is 0.346 e. The highest BCUT2D eigenvalue weighted by Gasteiger charge is 2.22. The maximum Gasteiger partial charge on any atom is 0.346 e. The Kier molecular flexibility index (Phi) is 3.88. The SMILES string of the molecule is O=C(Oc1cc(F)ccc1[N+](=O)[O-])c1cccc(F)c1F. The second-order valence-electron chi connectivity index (χ2n) is 3.86. The summed E-state index contributed by atoms with van der Waals surface area (Å²) in [6.07, 6.45) is 0. The Morgan fingerprint density at radius 2 is 1.86 bits per heavy atom. The van der Waals surface area contributed by atoms with Crippen molar-refractivity contribution in [3.8, 4) is 5.75 Å². The quantitative estimate of drug-likeness (QED) is 0.377. The van der Waals surface area contributed by atoms with Crippen LogP contribution >= 0.6 is 0 Å². The van der Waals surface area contributed by atoms with Crippen LogP contribution in [-0.2, 0) is 0 Å². The van der Waals surface area contributed by atoms with Gasteiger partial charge in [-0.2, -0.15) is 0 Å². The summed E-state index contributed by atoms with van der Waals surface area (Å²) in [4.78, 5) is 21.5. The first-order valence-corrected chi connectivity index (χ1v) is 5.50. The zero-order valence-corrected chi connectivity index (χ0v) is 10.2. The molecule has 0 saturated carbocycles. The molecule has 0 aliphatic carbocycles. The van der Waals surface area contributed by atoms with E-state index in [1.54, 1.807) is 0 Å². The van der Waals surface area contributed by atoms with E-state index in [9.17, 15) is 28.1 Å². The molecular weight excluding hydrogens is 291 g/mol. The van der Waals surface area contributed by atoms with Gasteiger partial charge < -0.3 is 4.74 Å². The minimum atomic E-state index is -1.46. The number of hydrogen-bond acceptors (Lipinski definition) is 4. The zero-order chi connectivity index (χ0) is 15.6. The Hall–Kier alpha value is -2.90. The Bertz CT molecular complexity index is 733. The second kappa shape index (κ2) is 5.61. The van der Waals surface area contributed by atoms with Crippen LogP contribution in [0.25, 0.3) is 0 Å². The molecule has 0 spiro atoms. The third-order valence-electron chi connectivity index (χ3n) is 2.49. The van der Waals surface area contributed by atoms with Crippen molar-refractivity contribution in [2.24, 2.45) is 0 Å². The lowest BCUT2D eigenvalue weighted by Gasteiger charge is -2.06. The summed E-state index contributed by atoms with van der Waals surface area (Å²) in [5.74, 6) is -5.70. The summed E-state index contributed by atoms with van der Waals surface area (Å²) >= 11 is 0. The number of nitrogens with zero attached hydrogens (tertiary/aromatic N) is 1. The summed E-state index contributed by atoms with van der Waals surface area (Å²) in [7, 11) is 0. The summed E-state index contributed by atoms with van der Waals surface area (Å²) < 4.78 is 44.0. The van der Waals surface area contributed by atoms with Crippen LogP contribution in [-0.4, -0.2) is 10.9 Å². The van der Waals surface area contributed by atoms with E-state index in [-0.39, 0.29) is 0 Å². The van der Waals surface area contributed by atoms with Crippen LogP contribution in [0.2, 0.25) is 0 Å². The number of halogens is 3. The Balaban J connectivity index is 2.38. The van der Waals surface area contributed by atoms with E-state index in [0.29, 0.717) is 6.07 Å². The van der Waals surface area contributed by atoms with Crippen molar-refractivity contribution in [1.29, 1.82) is 0 Å². The standard InChI is InChI=1S/C13H6F3NO4/c14-7-4-5-10(17(19)20)11(6-7)21-13(18)8-2-1-3-9(15)12(8)16/h1-6H. The lowest BCUT2D eigenvalue weighted by molar-refractivity contribution is -0.385. The van der Waals surface area contributed by atoms with Gasteiger partial charge in [-0.3, -0.25) is 10.1 Å². The summed E-state index contributed by atoms with van der Waals surface area (Å²) in [6, 6.07) is 4.99. The van der Waals surface area contributed by atoms with E-state index >= 15 is 0 Å². The molecule has 0 atom stereocenters. The van der Waals surface area contributed by atoms with E-state index < -0.39 is 45.3 Å². The van der Waals surface area contributed by atoms with Crippen molar-refractivity contribution in [3.05, 3.63) is 69.5 Å². The van der Waals surface area contributed by atoms with Crippen LogP contribution < -0.4 is 4.74 Å². The van der Waals surface area contributed by atoms with Gasteiger partial charge >= 0.3 is 11.7 Å². The van der Waals surface area contributed by atoms with Crippen molar-refractivity contribution < 1.29 is 27.6 Å². The molecule has 108 valence electrons. The molecule has 0 radical (unpaired) electrons. The maximum atomic E-state index is 13.4. The molecule has 2 rings (SSSR count). The number of carbonyl (C=O) groups excluding carboxylic acids is 1. The van der Waals surface area contributed by atoms with Crippen molar-refractivity contribution in [1.82, 2.24) is 0 Å². The highest BCUT2D eigenvalue weighted by atomic mass is 19.2. The predicted octanol–water partition coefficient (Wildman–Crippen LogP) is 3.23. The summed E-state index contributed by atoms with van der Waals surface area (Å²) in [6.45, 7) is 0. The molecule has 0 aliphatic rings. The van der Waals surface area contributed by atoms with Gasteiger partial charge in [-0.15, -0.1) is 0 Å². The van der Waals surface area contributed by atoms with Gasteiger partial charge in [0.25, 0.3) is 0 Å². The van der Waals surface area contributed by atoms with Gasteiger partial charge in [0.2, 0.25) is 5.75 Å². The molecule has 0 bridgehead atoms. The molecule has 0 N–H and O–H groups in total. The molecule has 0 amide bonds. The van der Waals surface area contributed by atoms with Gasteiger partial charge in [-0.05, 0) is 18.2 Å². The average Bonchev–Trinajstić information content (AvgIpc) is 2.41. The molecule has 2 aromatic rings. The average molecular weight is 297 g/mol. The van der Waals surface area contributed by atoms with Crippen molar-refractivity contribution >= 4 is 11.7 Å². The van der Waals surface area contributed by atoms with Gasteiger partial charge in [0, 0.05) is 12.1 Å². The molecule has 2 aromatic carbocycles. The summed E-state index contributed by atoms with van der Waals surface area (Å²) in [5.41, 5.74) is -1.44. The number of nitro groups is 1. The van der Waals surface area contributed by atoms with Crippen LogP contribution in [0.3, 0.4) is 0 Å². The Morgan fingerprint density at radius 1 is 1.14 bits per heavy atom. The van der Waals surface area contributed by atoms with Crippen molar-refractivity contribution in [2.75, 3.05) is 0 Å². The highest BCUT2D eigenvalue weighted by molar-refractivity contribution is 5.91. The number of benzene rings is 2. The molecule has 0 aliphatic heterocycles. The number of rotatable bonds is 3. The number of esters is 1. The minimum absolute atomic E-state index is 0.604. The Morgan fingerprint density at radius 3 is 2.52 bits per heavy atom. The first-order chi connectivity index (χ1) is 9.90. The minimum Gasteiger partial charge on any atom is -0.415 e. The predicted molar refractivity (Wildman–Crippen MR) is 64.4 cm³/mol. The first-order valence-electron chi connectivity index (χ1n) is 5.50. The fraction of sp³-hybridized carbons (Fsp3) is 0. The maximum absolute atomic E-state index is 13.4. The van der Waals surface area contributed by atoms with Crippen molar-refractivity contribution in [2.45, 2.75) is 0 Å². The van der Waals surface area contributed by atoms with Crippen molar-refractivity contribution in [3.63, 3.8) is 0 Å². The highest BCUT2D eigenvalue weighted by Crippen LogP contribution is 2.28. The van der Waals surface area contributed by atoms with Crippen LogP contribution in [0.15, 0.2) is 36.4 Å².